The summed E-state index contributed by atoms with van der Waals surface area (Å²) in [5.41, 5.74) is 2.12. The predicted molar refractivity (Wildman–Crippen MR) is 116 cm³/mol. The Morgan fingerprint density at radius 2 is 2.07 bits per heavy atom. The number of carbonyl (C=O) groups is 2. The molecule has 3 heterocycles. The van der Waals surface area contributed by atoms with E-state index in [0.717, 1.165) is 36.3 Å². The zero-order valence-corrected chi connectivity index (χ0v) is 17.8. The van der Waals surface area contributed by atoms with Crippen LogP contribution in [-0.2, 0) is 15.1 Å². The van der Waals surface area contributed by atoms with Crippen LogP contribution in [0.25, 0.3) is 0 Å². The summed E-state index contributed by atoms with van der Waals surface area (Å²) >= 11 is 6.48. The SMILES string of the molecule is COc1ccc(NC(=O)[C@H]2C[C@@H]3CCCN3[C@]23C(=O)Nc2c(Cl)cc(C)cc23)cc1. The van der Waals surface area contributed by atoms with Crippen LogP contribution in [-0.4, -0.2) is 36.4 Å². The molecule has 2 fully saturated rings. The van der Waals surface area contributed by atoms with Crippen molar-refractivity contribution in [2.45, 2.75) is 37.8 Å². The Bertz CT molecular complexity index is 1040. The summed E-state index contributed by atoms with van der Waals surface area (Å²) in [5.74, 6) is -0.0660. The minimum Gasteiger partial charge on any atom is -0.497 e. The molecular weight excluding hydrogens is 402 g/mol. The van der Waals surface area contributed by atoms with Crippen LogP contribution < -0.4 is 15.4 Å². The maximum atomic E-state index is 13.5. The van der Waals surface area contributed by atoms with Crippen molar-refractivity contribution in [3.05, 3.63) is 52.5 Å². The first-order chi connectivity index (χ1) is 14.4. The molecule has 0 radical (unpaired) electrons. The summed E-state index contributed by atoms with van der Waals surface area (Å²) in [6, 6.07) is 11.3. The third-order valence-corrected chi connectivity index (χ3v) is 7.04. The average molecular weight is 426 g/mol. The van der Waals surface area contributed by atoms with Crippen LogP contribution in [0.2, 0.25) is 5.02 Å². The van der Waals surface area contributed by atoms with Crippen LogP contribution in [0.5, 0.6) is 5.75 Å². The first kappa shape index (κ1) is 19.4. The molecule has 2 aromatic rings. The van der Waals surface area contributed by atoms with Gasteiger partial charge in [-0.1, -0.05) is 17.7 Å². The molecule has 2 N–H and O–H groups in total. The van der Waals surface area contributed by atoms with E-state index in [2.05, 4.69) is 15.5 Å². The second-order valence-corrected chi connectivity index (χ2v) is 8.79. The van der Waals surface area contributed by atoms with E-state index >= 15 is 0 Å². The number of fused-ring (bicyclic) bond motifs is 4. The number of anilines is 2. The van der Waals surface area contributed by atoms with Gasteiger partial charge in [0, 0.05) is 17.3 Å². The quantitative estimate of drug-likeness (QED) is 0.781. The Hall–Kier alpha value is -2.57. The minimum atomic E-state index is -1.01. The van der Waals surface area contributed by atoms with Gasteiger partial charge in [-0.05, 0) is 68.6 Å². The molecule has 6 nitrogen and oxygen atoms in total. The summed E-state index contributed by atoms with van der Waals surface area (Å²) in [5, 5.41) is 6.54. The number of carbonyl (C=O) groups excluding carboxylic acids is 2. The van der Waals surface area contributed by atoms with Crippen molar-refractivity contribution in [1.82, 2.24) is 4.90 Å². The van der Waals surface area contributed by atoms with Crippen molar-refractivity contribution in [2.75, 3.05) is 24.3 Å². The maximum absolute atomic E-state index is 13.5. The molecule has 156 valence electrons. The molecule has 0 unspecified atom stereocenters. The number of hydrogen-bond donors (Lipinski definition) is 2. The third-order valence-electron chi connectivity index (χ3n) is 6.75. The van der Waals surface area contributed by atoms with E-state index in [0.29, 0.717) is 22.8 Å². The van der Waals surface area contributed by atoms with Gasteiger partial charge in [-0.15, -0.1) is 0 Å². The Morgan fingerprint density at radius 3 is 2.80 bits per heavy atom. The van der Waals surface area contributed by atoms with Gasteiger partial charge < -0.3 is 15.4 Å². The van der Waals surface area contributed by atoms with Crippen molar-refractivity contribution in [1.29, 1.82) is 0 Å². The number of nitrogens with zero attached hydrogens (tertiary/aromatic N) is 1. The zero-order valence-electron chi connectivity index (χ0n) is 17.0. The first-order valence-corrected chi connectivity index (χ1v) is 10.7. The van der Waals surface area contributed by atoms with Crippen LogP contribution in [0.15, 0.2) is 36.4 Å². The van der Waals surface area contributed by atoms with Crippen LogP contribution in [0.1, 0.15) is 30.4 Å². The van der Waals surface area contributed by atoms with Crippen LogP contribution in [0.3, 0.4) is 0 Å². The maximum Gasteiger partial charge on any atom is 0.250 e. The highest BCUT2D eigenvalue weighted by Gasteiger charge is 2.65. The molecular formula is C23H24ClN3O3. The molecule has 3 atom stereocenters. The normalized spacial score (nSPS) is 27.1. The van der Waals surface area contributed by atoms with Crippen LogP contribution in [0.4, 0.5) is 11.4 Å². The lowest BCUT2D eigenvalue weighted by molar-refractivity contribution is -0.135. The van der Waals surface area contributed by atoms with Crippen molar-refractivity contribution < 1.29 is 14.3 Å². The fourth-order valence-corrected chi connectivity index (χ4v) is 5.84. The monoisotopic (exact) mass is 425 g/mol. The van der Waals surface area contributed by atoms with E-state index in [9.17, 15) is 9.59 Å². The first-order valence-electron chi connectivity index (χ1n) is 10.3. The Labute approximate surface area is 180 Å². The molecule has 2 amide bonds. The number of amides is 2. The molecule has 3 aliphatic heterocycles. The highest BCUT2D eigenvalue weighted by atomic mass is 35.5. The summed E-state index contributed by atoms with van der Waals surface area (Å²) in [6.07, 6.45) is 2.68. The van der Waals surface area contributed by atoms with Crippen molar-refractivity contribution in [3.8, 4) is 5.75 Å². The van der Waals surface area contributed by atoms with Gasteiger partial charge in [0.05, 0.1) is 23.7 Å². The zero-order chi connectivity index (χ0) is 21.0. The summed E-state index contributed by atoms with van der Waals surface area (Å²) in [7, 11) is 1.60. The van der Waals surface area contributed by atoms with E-state index in [4.69, 9.17) is 16.3 Å². The van der Waals surface area contributed by atoms with E-state index < -0.39 is 11.5 Å². The standard InChI is InChI=1S/C23H24ClN3O3/c1-13-10-17-20(19(24)11-13)26-22(29)23(17)18(12-15-4-3-9-27(15)23)21(28)25-14-5-7-16(30-2)8-6-14/h5-8,10-11,15,18H,3-4,9,12H2,1-2H3,(H,25,28)(H,26,29)/t15-,18+,23-/m0/s1. The summed E-state index contributed by atoms with van der Waals surface area (Å²) in [6.45, 7) is 2.76. The fourth-order valence-electron chi connectivity index (χ4n) is 5.52. The van der Waals surface area contributed by atoms with E-state index in [1.807, 2.05) is 31.2 Å². The number of ether oxygens (including phenoxy) is 1. The third kappa shape index (κ3) is 2.67. The number of rotatable bonds is 3. The number of nitrogens with one attached hydrogen (secondary N) is 2. The number of hydrogen-bond acceptors (Lipinski definition) is 4. The lowest BCUT2D eigenvalue weighted by Crippen LogP contribution is -2.53. The van der Waals surface area contributed by atoms with Crippen molar-refractivity contribution in [2.24, 2.45) is 5.92 Å². The number of halogens is 1. The Morgan fingerprint density at radius 1 is 1.30 bits per heavy atom. The smallest absolute Gasteiger partial charge is 0.250 e. The van der Waals surface area contributed by atoms with Crippen molar-refractivity contribution >= 4 is 34.8 Å². The second kappa shape index (κ2) is 7.00. The second-order valence-electron chi connectivity index (χ2n) is 8.39. The fraction of sp³-hybridized carbons (Fsp3) is 0.391. The average Bonchev–Trinajstić information content (AvgIpc) is 3.38. The van der Waals surface area contributed by atoms with Gasteiger partial charge in [-0.3, -0.25) is 14.5 Å². The van der Waals surface area contributed by atoms with Crippen molar-refractivity contribution in [3.63, 3.8) is 0 Å². The number of benzene rings is 2. The molecule has 0 aliphatic carbocycles. The lowest BCUT2D eigenvalue weighted by atomic mass is 9.78. The highest BCUT2D eigenvalue weighted by Crippen LogP contribution is 2.56. The van der Waals surface area contributed by atoms with Gasteiger partial charge in [-0.2, -0.15) is 0 Å². The molecule has 0 saturated carbocycles. The summed E-state index contributed by atoms with van der Waals surface area (Å²) < 4.78 is 5.19. The largest absolute Gasteiger partial charge is 0.497 e. The predicted octanol–water partition coefficient (Wildman–Crippen LogP) is 3.93. The Kier molecular flexibility index (Phi) is 4.52. The molecule has 1 spiro atoms. The molecule has 0 bridgehead atoms. The van der Waals surface area contributed by atoms with Gasteiger partial charge in [0.2, 0.25) is 11.8 Å². The van der Waals surface area contributed by atoms with E-state index in [1.54, 1.807) is 19.2 Å². The van der Waals surface area contributed by atoms with Crippen LogP contribution >= 0.6 is 11.6 Å². The number of aryl methyl sites for hydroxylation is 1. The van der Waals surface area contributed by atoms with E-state index in [-0.39, 0.29) is 17.9 Å². The molecule has 3 aliphatic rings. The van der Waals surface area contributed by atoms with Gasteiger partial charge >= 0.3 is 0 Å². The van der Waals surface area contributed by atoms with Gasteiger partial charge in [0.15, 0.2) is 0 Å². The van der Waals surface area contributed by atoms with Gasteiger partial charge in [0.25, 0.3) is 0 Å². The van der Waals surface area contributed by atoms with Gasteiger partial charge in [0.1, 0.15) is 11.3 Å². The molecule has 30 heavy (non-hydrogen) atoms. The lowest BCUT2D eigenvalue weighted by Gasteiger charge is -2.36. The molecule has 0 aromatic heterocycles. The molecule has 5 rings (SSSR count). The van der Waals surface area contributed by atoms with Crippen LogP contribution in [0, 0.1) is 12.8 Å². The minimum absolute atomic E-state index is 0.143. The summed E-state index contributed by atoms with van der Waals surface area (Å²) in [4.78, 5) is 29.2. The van der Waals surface area contributed by atoms with Gasteiger partial charge in [-0.25, -0.2) is 0 Å². The number of methoxy groups -OCH3 is 1. The molecule has 2 saturated heterocycles. The highest BCUT2D eigenvalue weighted by molar-refractivity contribution is 6.35. The Balaban J connectivity index is 1.57. The molecule has 2 aromatic carbocycles. The van der Waals surface area contributed by atoms with E-state index in [1.165, 1.54) is 0 Å². The topological polar surface area (TPSA) is 70.7 Å². The molecule has 7 heteroatoms.